The monoisotopic (exact) mass is 427 g/mol. The Kier molecular flexibility index (Phi) is 4.85. The van der Waals surface area contributed by atoms with Crippen molar-refractivity contribution in [1.82, 2.24) is 15.0 Å². The van der Waals surface area contributed by atoms with E-state index in [0.29, 0.717) is 0 Å². The van der Waals surface area contributed by atoms with E-state index in [9.17, 15) is 0 Å². The quantitative estimate of drug-likeness (QED) is 0.423. The molecule has 0 radical (unpaired) electrons. The van der Waals surface area contributed by atoms with Gasteiger partial charge in [-0.2, -0.15) is 4.80 Å². The van der Waals surface area contributed by atoms with Crippen LogP contribution in [0.25, 0.3) is 16.7 Å². The van der Waals surface area contributed by atoms with E-state index in [-0.39, 0.29) is 6.04 Å². The van der Waals surface area contributed by atoms with Gasteiger partial charge in [0.1, 0.15) is 11.0 Å². The van der Waals surface area contributed by atoms with Crippen LogP contribution in [0.2, 0.25) is 0 Å². The maximum atomic E-state index is 4.93. The van der Waals surface area contributed by atoms with E-state index in [4.69, 9.17) is 4.99 Å². The number of rotatable bonds is 4. The highest BCUT2D eigenvalue weighted by Gasteiger charge is 2.10. The van der Waals surface area contributed by atoms with E-state index in [0.717, 1.165) is 39.4 Å². The van der Waals surface area contributed by atoms with E-state index in [1.54, 1.807) is 4.80 Å². The average molecular weight is 428 g/mol. The molecule has 4 aromatic carbocycles. The first kappa shape index (κ1) is 19.3. The van der Waals surface area contributed by atoms with E-state index in [2.05, 4.69) is 57.7 Å². The Hall–Kier alpha value is -4.38. The summed E-state index contributed by atoms with van der Waals surface area (Å²) in [5, 5.41) is 11.0. The van der Waals surface area contributed by atoms with Gasteiger partial charge in [-0.3, -0.25) is 9.98 Å². The SMILES string of the molecule is C1=CC(c2cccc(Cc3cccc(-n4nc5ccccc5n4)c3)c2)N=c2ccccc2=N1. The van der Waals surface area contributed by atoms with Gasteiger partial charge in [0.2, 0.25) is 0 Å². The predicted octanol–water partition coefficient (Wildman–Crippen LogP) is 4.52. The zero-order valence-corrected chi connectivity index (χ0v) is 17.9. The summed E-state index contributed by atoms with van der Waals surface area (Å²) in [4.78, 5) is 11.2. The van der Waals surface area contributed by atoms with Crippen molar-refractivity contribution in [2.45, 2.75) is 12.5 Å². The van der Waals surface area contributed by atoms with Crippen molar-refractivity contribution in [2.75, 3.05) is 0 Å². The van der Waals surface area contributed by atoms with Crippen LogP contribution in [0.5, 0.6) is 0 Å². The number of hydrogen-bond donors (Lipinski definition) is 0. The van der Waals surface area contributed by atoms with E-state index >= 15 is 0 Å². The molecule has 5 aromatic rings. The van der Waals surface area contributed by atoms with Gasteiger partial charge < -0.3 is 0 Å². The fourth-order valence-electron chi connectivity index (χ4n) is 4.15. The van der Waals surface area contributed by atoms with Crippen molar-refractivity contribution in [2.24, 2.45) is 9.98 Å². The second-order valence-corrected chi connectivity index (χ2v) is 8.10. The van der Waals surface area contributed by atoms with Crippen molar-refractivity contribution >= 4 is 11.0 Å². The Balaban J connectivity index is 1.29. The summed E-state index contributed by atoms with van der Waals surface area (Å²) < 4.78 is 0. The highest BCUT2D eigenvalue weighted by atomic mass is 15.5. The Morgan fingerprint density at radius 3 is 2.18 bits per heavy atom. The molecule has 158 valence electrons. The summed E-state index contributed by atoms with van der Waals surface area (Å²) in [6.07, 6.45) is 4.73. The number of para-hydroxylation sites is 2. The van der Waals surface area contributed by atoms with E-state index in [1.165, 1.54) is 11.1 Å². The topological polar surface area (TPSA) is 55.4 Å². The van der Waals surface area contributed by atoms with Gasteiger partial charge in [-0.15, -0.1) is 10.2 Å². The molecule has 5 heteroatoms. The molecule has 0 spiro atoms. The maximum Gasteiger partial charge on any atom is 0.113 e. The molecule has 0 fully saturated rings. The normalized spacial score (nSPS) is 14.8. The molecule has 1 aliphatic heterocycles. The van der Waals surface area contributed by atoms with E-state index in [1.807, 2.05) is 66.9 Å². The van der Waals surface area contributed by atoms with Gasteiger partial charge in [-0.25, -0.2) is 0 Å². The summed E-state index contributed by atoms with van der Waals surface area (Å²) in [6, 6.07) is 32.9. The van der Waals surface area contributed by atoms with Crippen LogP contribution in [0.15, 0.2) is 119 Å². The highest BCUT2D eigenvalue weighted by molar-refractivity contribution is 5.73. The largest absolute Gasteiger partial charge is 0.271 e. The standard InChI is InChI=1S/C28H21N5/c1-2-12-26-25(11-1)29-16-15-24(30-26)22-9-5-7-20(18-22)17-21-8-6-10-23(19-21)33-31-27-13-3-4-14-28(27)32-33/h1-16,18-19,24H,17H2. The van der Waals surface area contributed by atoms with Crippen LogP contribution in [0, 0.1) is 0 Å². The van der Waals surface area contributed by atoms with Crippen LogP contribution in [0.3, 0.4) is 0 Å². The lowest BCUT2D eigenvalue weighted by Gasteiger charge is -2.10. The molecule has 5 nitrogen and oxygen atoms in total. The molecule has 0 saturated heterocycles. The maximum absolute atomic E-state index is 4.93. The van der Waals surface area contributed by atoms with Crippen molar-refractivity contribution in [3.8, 4) is 5.69 Å². The van der Waals surface area contributed by atoms with Gasteiger partial charge in [-0.1, -0.05) is 60.7 Å². The molecule has 0 saturated carbocycles. The minimum absolute atomic E-state index is 0.0515. The lowest BCUT2D eigenvalue weighted by atomic mass is 9.99. The van der Waals surface area contributed by atoms with Crippen LogP contribution in [0.1, 0.15) is 22.7 Å². The molecule has 1 aliphatic rings. The van der Waals surface area contributed by atoms with Crippen LogP contribution < -0.4 is 10.7 Å². The zero-order valence-electron chi connectivity index (χ0n) is 17.9. The lowest BCUT2D eigenvalue weighted by molar-refractivity contribution is 0.764. The minimum Gasteiger partial charge on any atom is -0.271 e. The molecule has 6 rings (SSSR count). The molecule has 1 aromatic heterocycles. The molecule has 0 amide bonds. The molecule has 2 heterocycles. The van der Waals surface area contributed by atoms with Gasteiger partial charge >= 0.3 is 0 Å². The van der Waals surface area contributed by atoms with Crippen LogP contribution >= 0.6 is 0 Å². The Labute approximate surface area is 191 Å². The lowest BCUT2D eigenvalue weighted by Crippen LogP contribution is -2.24. The fourth-order valence-corrected chi connectivity index (χ4v) is 4.15. The number of nitrogens with zero attached hydrogens (tertiary/aromatic N) is 5. The molecule has 1 atom stereocenters. The summed E-state index contributed by atoms with van der Waals surface area (Å²) in [5.41, 5.74) is 6.35. The van der Waals surface area contributed by atoms with Crippen LogP contribution in [-0.2, 0) is 6.42 Å². The minimum atomic E-state index is -0.0515. The van der Waals surface area contributed by atoms with Gasteiger partial charge in [0.05, 0.1) is 22.4 Å². The first-order chi connectivity index (χ1) is 16.3. The third-order valence-electron chi connectivity index (χ3n) is 5.77. The molecule has 1 unspecified atom stereocenters. The predicted molar refractivity (Wildman–Crippen MR) is 129 cm³/mol. The summed E-state index contributed by atoms with van der Waals surface area (Å²) in [6.45, 7) is 0. The smallest absolute Gasteiger partial charge is 0.113 e. The van der Waals surface area contributed by atoms with Gasteiger partial charge in [0.15, 0.2) is 0 Å². The molecule has 33 heavy (non-hydrogen) atoms. The molecule has 0 aliphatic carbocycles. The number of hydrogen-bond acceptors (Lipinski definition) is 4. The summed E-state index contributed by atoms with van der Waals surface area (Å²) >= 11 is 0. The zero-order chi connectivity index (χ0) is 22.0. The first-order valence-corrected chi connectivity index (χ1v) is 11.0. The third kappa shape index (κ3) is 3.96. The van der Waals surface area contributed by atoms with Gasteiger partial charge in [0, 0.05) is 6.20 Å². The van der Waals surface area contributed by atoms with Crippen LogP contribution in [0.4, 0.5) is 0 Å². The summed E-state index contributed by atoms with van der Waals surface area (Å²) in [5.74, 6) is 0. The van der Waals surface area contributed by atoms with Gasteiger partial charge in [0.25, 0.3) is 0 Å². The number of aromatic nitrogens is 3. The Bertz CT molecular complexity index is 1580. The molecular weight excluding hydrogens is 406 g/mol. The third-order valence-corrected chi connectivity index (χ3v) is 5.77. The fraction of sp³-hybridized carbons (Fsp3) is 0.0714. The first-order valence-electron chi connectivity index (χ1n) is 11.0. The Morgan fingerprint density at radius 2 is 1.36 bits per heavy atom. The number of benzene rings is 4. The van der Waals surface area contributed by atoms with Crippen LogP contribution in [-0.4, -0.2) is 15.0 Å². The second kappa shape index (κ2) is 8.28. The Morgan fingerprint density at radius 1 is 0.667 bits per heavy atom. The molecular formula is C28H21N5. The van der Waals surface area contributed by atoms with Gasteiger partial charge in [-0.05, 0) is 65.6 Å². The highest BCUT2D eigenvalue weighted by Crippen LogP contribution is 2.22. The van der Waals surface area contributed by atoms with Crippen molar-refractivity contribution in [3.63, 3.8) is 0 Å². The van der Waals surface area contributed by atoms with E-state index < -0.39 is 0 Å². The number of fused-ring (bicyclic) bond motifs is 2. The molecule has 0 bridgehead atoms. The van der Waals surface area contributed by atoms with Crippen molar-refractivity contribution in [3.05, 3.63) is 137 Å². The summed E-state index contributed by atoms with van der Waals surface area (Å²) in [7, 11) is 0. The van der Waals surface area contributed by atoms with Crippen molar-refractivity contribution < 1.29 is 0 Å². The second-order valence-electron chi connectivity index (χ2n) is 8.10. The average Bonchev–Trinajstić information content (AvgIpc) is 3.17. The van der Waals surface area contributed by atoms with Crippen molar-refractivity contribution in [1.29, 1.82) is 0 Å². The molecule has 0 N–H and O–H groups in total.